The third kappa shape index (κ3) is 5.29. The van der Waals surface area contributed by atoms with E-state index >= 15 is 0 Å². The minimum absolute atomic E-state index is 0.245. The first-order valence-corrected chi connectivity index (χ1v) is 5.40. The number of carbonyl (C=O) groups is 1. The highest BCUT2D eigenvalue weighted by Crippen LogP contribution is 2.10. The molecule has 0 aromatic carbocycles. The van der Waals surface area contributed by atoms with Crippen molar-refractivity contribution in [3.05, 3.63) is 18.6 Å². The van der Waals surface area contributed by atoms with Crippen molar-refractivity contribution in [2.75, 3.05) is 11.9 Å². The SMILES string of the molecule is CC(CCNc1ccncn1)CCC(=O)O. The summed E-state index contributed by atoms with van der Waals surface area (Å²) in [5, 5.41) is 11.7. The number of carboxylic acid groups (broad SMARTS) is 1. The molecule has 0 aliphatic carbocycles. The Morgan fingerprint density at radius 1 is 1.56 bits per heavy atom. The molecule has 5 nitrogen and oxygen atoms in total. The molecule has 2 N–H and O–H groups in total. The Kier molecular flexibility index (Phi) is 5.25. The van der Waals surface area contributed by atoms with Crippen molar-refractivity contribution >= 4 is 11.8 Å². The van der Waals surface area contributed by atoms with Crippen LogP contribution in [0.15, 0.2) is 18.6 Å². The van der Waals surface area contributed by atoms with Crippen LogP contribution in [0.3, 0.4) is 0 Å². The molecule has 1 heterocycles. The van der Waals surface area contributed by atoms with Gasteiger partial charge in [0.2, 0.25) is 0 Å². The zero-order valence-corrected chi connectivity index (χ0v) is 9.39. The van der Waals surface area contributed by atoms with Crippen LogP contribution in [0.5, 0.6) is 0 Å². The molecule has 0 aliphatic rings. The lowest BCUT2D eigenvalue weighted by Gasteiger charge is -2.10. The second kappa shape index (κ2) is 6.76. The summed E-state index contributed by atoms with van der Waals surface area (Å²) in [5.74, 6) is 0.487. The predicted octanol–water partition coefficient (Wildman–Crippen LogP) is 1.78. The largest absolute Gasteiger partial charge is 0.481 e. The summed E-state index contributed by atoms with van der Waals surface area (Å²) < 4.78 is 0. The van der Waals surface area contributed by atoms with Crippen LogP contribution >= 0.6 is 0 Å². The number of carboxylic acids is 1. The third-order valence-electron chi connectivity index (χ3n) is 2.38. The van der Waals surface area contributed by atoms with E-state index in [9.17, 15) is 4.79 Å². The van der Waals surface area contributed by atoms with E-state index in [0.29, 0.717) is 5.92 Å². The normalized spacial score (nSPS) is 12.1. The second-order valence-electron chi connectivity index (χ2n) is 3.85. The van der Waals surface area contributed by atoms with Gasteiger partial charge in [-0.2, -0.15) is 0 Å². The maximum absolute atomic E-state index is 10.4. The highest BCUT2D eigenvalue weighted by molar-refractivity contribution is 5.66. The van der Waals surface area contributed by atoms with E-state index in [0.717, 1.165) is 25.2 Å². The van der Waals surface area contributed by atoms with Crippen LogP contribution in [0.25, 0.3) is 0 Å². The van der Waals surface area contributed by atoms with Gasteiger partial charge in [-0.15, -0.1) is 0 Å². The van der Waals surface area contributed by atoms with Crippen molar-refractivity contribution in [2.45, 2.75) is 26.2 Å². The highest BCUT2D eigenvalue weighted by Gasteiger charge is 2.05. The van der Waals surface area contributed by atoms with Gasteiger partial charge in [0.15, 0.2) is 0 Å². The van der Waals surface area contributed by atoms with Crippen molar-refractivity contribution in [3.63, 3.8) is 0 Å². The number of hydrogen-bond acceptors (Lipinski definition) is 4. The van der Waals surface area contributed by atoms with Gasteiger partial charge < -0.3 is 10.4 Å². The Labute approximate surface area is 94.9 Å². The molecule has 0 aliphatic heterocycles. The number of nitrogens with one attached hydrogen (secondary N) is 1. The van der Waals surface area contributed by atoms with Crippen LogP contribution < -0.4 is 5.32 Å². The fourth-order valence-corrected chi connectivity index (χ4v) is 1.36. The first-order valence-electron chi connectivity index (χ1n) is 5.40. The van der Waals surface area contributed by atoms with Crippen LogP contribution in [-0.2, 0) is 4.79 Å². The van der Waals surface area contributed by atoms with E-state index in [-0.39, 0.29) is 6.42 Å². The first kappa shape index (κ1) is 12.4. The van der Waals surface area contributed by atoms with Gasteiger partial charge in [0.05, 0.1) is 0 Å². The Balaban J connectivity index is 2.13. The zero-order valence-electron chi connectivity index (χ0n) is 9.39. The molecule has 0 fully saturated rings. The molecule has 1 unspecified atom stereocenters. The monoisotopic (exact) mass is 223 g/mol. The Hall–Kier alpha value is -1.65. The fourth-order valence-electron chi connectivity index (χ4n) is 1.36. The summed E-state index contributed by atoms with van der Waals surface area (Å²) in [6, 6.07) is 1.81. The second-order valence-corrected chi connectivity index (χ2v) is 3.85. The summed E-state index contributed by atoms with van der Waals surface area (Å²) in [7, 11) is 0. The molecule has 5 heteroatoms. The third-order valence-corrected chi connectivity index (χ3v) is 2.38. The average molecular weight is 223 g/mol. The molecule has 1 atom stereocenters. The molecule has 0 spiro atoms. The summed E-state index contributed by atoms with van der Waals surface area (Å²) in [6.45, 7) is 2.86. The number of aliphatic carboxylic acids is 1. The van der Waals surface area contributed by atoms with E-state index < -0.39 is 5.97 Å². The van der Waals surface area contributed by atoms with Crippen LogP contribution in [0, 0.1) is 5.92 Å². The number of rotatable bonds is 7. The molecule has 0 radical (unpaired) electrons. The van der Waals surface area contributed by atoms with Gasteiger partial charge in [0.25, 0.3) is 0 Å². The molecule has 0 saturated heterocycles. The Morgan fingerprint density at radius 2 is 2.38 bits per heavy atom. The maximum atomic E-state index is 10.4. The predicted molar refractivity (Wildman–Crippen MR) is 61.2 cm³/mol. The van der Waals surface area contributed by atoms with Crippen molar-refractivity contribution in [3.8, 4) is 0 Å². The summed E-state index contributed by atoms with van der Waals surface area (Å²) in [6.07, 6.45) is 5.09. The fraction of sp³-hybridized carbons (Fsp3) is 0.545. The van der Waals surface area contributed by atoms with Crippen molar-refractivity contribution in [1.29, 1.82) is 0 Å². The lowest BCUT2D eigenvalue weighted by molar-refractivity contribution is -0.137. The van der Waals surface area contributed by atoms with Gasteiger partial charge in [-0.25, -0.2) is 9.97 Å². The highest BCUT2D eigenvalue weighted by atomic mass is 16.4. The van der Waals surface area contributed by atoms with Crippen molar-refractivity contribution in [1.82, 2.24) is 9.97 Å². The Bertz CT molecular complexity index is 316. The number of nitrogens with zero attached hydrogens (tertiary/aromatic N) is 2. The molecule has 1 rings (SSSR count). The molecule has 0 amide bonds. The molecule has 1 aromatic rings. The summed E-state index contributed by atoms with van der Waals surface area (Å²) in [5.41, 5.74) is 0. The van der Waals surface area contributed by atoms with Crippen molar-refractivity contribution in [2.24, 2.45) is 5.92 Å². The van der Waals surface area contributed by atoms with Crippen LogP contribution in [0.4, 0.5) is 5.82 Å². The number of hydrogen-bond donors (Lipinski definition) is 2. The van der Waals surface area contributed by atoms with Gasteiger partial charge >= 0.3 is 5.97 Å². The molecule has 1 aromatic heterocycles. The van der Waals surface area contributed by atoms with E-state index in [4.69, 9.17) is 5.11 Å². The smallest absolute Gasteiger partial charge is 0.303 e. The molecular formula is C11H17N3O2. The first-order chi connectivity index (χ1) is 7.68. The van der Waals surface area contributed by atoms with Crippen LogP contribution in [-0.4, -0.2) is 27.6 Å². The summed E-state index contributed by atoms with van der Waals surface area (Å²) in [4.78, 5) is 18.2. The molecular weight excluding hydrogens is 206 g/mol. The van der Waals surface area contributed by atoms with Gasteiger partial charge in [0, 0.05) is 19.2 Å². The lowest BCUT2D eigenvalue weighted by atomic mass is 10.0. The van der Waals surface area contributed by atoms with Crippen LogP contribution in [0.2, 0.25) is 0 Å². The molecule has 0 saturated carbocycles. The molecule has 0 bridgehead atoms. The minimum atomic E-state index is -0.726. The van der Waals surface area contributed by atoms with Gasteiger partial charge in [-0.1, -0.05) is 6.92 Å². The number of anilines is 1. The Morgan fingerprint density at radius 3 is 3.00 bits per heavy atom. The van der Waals surface area contributed by atoms with Gasteiger partial charge in [0.1, 0.15) is 12.1 Å². The standard InChI is InChI=1S/C11H17N3O2/c1-9(2-3-11(15)16)4-7-13-10-5-6-12-8-14-10/h5-6,8-9H,2-4,7H2,1H3,(H,15,16)(H,12,13,14). The van der Waals surface area contributed by atoms with Gasteiger partial charge in [-0.3, -0.25) is 4.79 Å². The molecule has 16 heavy (non-hydrogen) atoms. The number of aromatic nitrogens is 2. The average Bonchev–Trinajstić information content (AvgIpc) is 2.28. The summed E-state index contributed by atoms with van der Waals surface area (Å²) >= 11 is 0. The zero-order chi connectivity index (χ0) is 11.8. The van der Waals surface area contributed by atoms with E-state index in [1.165, 1.54) is 6.33 Å². The quantitative estimate of drug-likeness (QED) is 0.737. The van der Waals surface area contributed by atoms with E-state index in [1.807, 2.05) is 6.07 Å². The van der Waals surface area contributed by atoms with Crippen molar-refractivity contribution < 1.29 is 9.90 Å². The van der Waals surface area contributed by atoms with E-state index in [1.54, 1.807) is 6.20 Å². The molecule has 88 valence electrons. The van der Waals surface area contributed by atoms with Gasteiger partial charge in [-0.05, 0) is 24.8 Å². The maximum Gasteiger partial charge on any atom is 0.303 e. The lowest BCUT2D eigenvalue weighted by Crippen LogP contribution is -2.09. The minimum Gasteiger partial charge on any atom is -0.481 e. The van der Waals surface area contributed by atoms with Crippen LogP contribution in [0.1, 0.15) is 26.2 Å². The van der Waals surface area contributed by atoms with E-state index in [2.05, 4.69) is 22.2 Å². The topological polar surface area (TPSA) is 75.1 Å².